The lowest BCUT2D eigenvalue weighted by Gasteiger charge is -2.32. The Morgan fingerprint density at radius 1 is 1.08 bits per heavy atom. The largest absolute Gasteiger partial charge is 0.462 e. The normalized spacial score (nSPS) is 19.1. The van der Waals surface area contributed by atoms with Crippen LogP contribution in [-0.2, 0) is 43.0 Å². The second-order valence-electron chi connectivity index (χ2n) is 5.10. The number of hydroxylamine groups is 2. The number of carbonyl (C=O) groups is 5. The fraction of sp³-hybridized carbons (Fsp3) is 0.643. The third kappa shape index (κ3) is 5.52. The Kier molecular flexibility index (Phi) is 6.69. The summed E-state index contributed by atoms with van der Waals surface area (Å²) < 4.78 is 15.0. The van der Waals surface area contributed by atoms with E-state index >= 15 is 0 Å². The Morgan fingerprint density at radius 3 is 2.12 bits per heavy atom. The van der Waals surface area contributed by atoms with Crippen molar-refractivity contribution in [2.24, 2.45) is 0 Å². The Morgan fingerprint density at radius 2 is 1.67 bits per heavy atom. The lowest BCUT2D eigenvalue weighted by Crippen LogP contribution is -2.51. The first kappa shape index (κ1) is 19.4. The van der Waals surface area contributed by atoms with Gasteiger partial charge in [-0.2, -0.15) is 5.06 Å². The number of hydrogen-bond acceptors (Lipinski definition) is 9. The van der Waals surface area contributed by atoms with Crippen molar-refractivity contribution >= 4 is 29.8 Å². The molecule has 0 aliphatic carbocycles. The van der Waals surface area contributed by atoms with Crippen LogP contribution in [0.25, 0.3) is 0 Å². The molecule has 0 N–H and O–H groups in total. The first-order valence-electron chi connectivity index (χ1n) is 7.10. The smallest absolute Gasteiger partial charge is 0.334 e. The maximum absolute atomic E-state index is 11.6. The Balaban J connectivity index is 3.11. The van der Waals surface area contributed by atoms with Crippen LogP contribution >= 0.6 is 0 Å². The standard InChI is InChI=1S/C14H19NO9/c1-7(16)15-11(5-13(20)24-15)14(23-10(4)19)12(22-9(3)18)6-21-8(2)17/h11-12,14H,5-6H2,1-4H3/t11-,12+,14-/m0/s1. The van der Waals surface area contributed by atoms with Gasteiger partial charge in [-0.05, 0) is 0 Å². The molecular weight excluding hydrogens is 326 g/mol. The van der Waals surface area contributed by atoms with E-state index in [9.17, 15) is 24.0 Å². The summed E-state index contributed by atoms with van der Waals surface area (Å²) in [5.41, 5.74) is 0. The monoisotopic (exact) mass is 345 g/mol. The van der Waals surface area contributed by atoms with Gasteiger partial charge in [-0.3, -0.25) is 19.2 Å². The Labute approximate surface area is 137 Å². The highest BCUT2D eigenvalue weighted by molar-refractivity contribution is 5.80. The van der Waals surface area contributed by atoms with Crippen molar-refractivity contribution in [1.82, 2.24) is 5.06 Å². The molecule has 10 nitrogen and oxygen atoms in total. The van der Waals surface area contributed by atoms with Crippen molar-refractivity contribution in [3.63, 3.8) is 0 Å². The van der Waals surface area contributed by atoms with Crippen LogP contribution in [0.3, 0.4) is 0 Å². The van der Waals surface area contributed by atoms with E-state index in [0.29, 0.717) is 0 Å². The first-order valence-corrected chi connectivity index (χ1v) is 7.10. The molecule has 0 unspecified atom stereocenters. The lowest BCUT2D eigenvalue weighted by molar-refractivity contribution is -0.203. The molecule has 0 aromatic rings. The highest BCUT2D eigenvalue weighted by atomic mass is 16.7. The van der Waals surface area contributed by atoms with Gasteiger partial charge in [-0.1, -0.05) is 0 Å². The molecule has 0 saturated carbocycles. The Hall–Kier alpha value is -2.65. The van der Waals surface area contributed by atoms with Crippen molar-refractivity contribution < 1.29 is 43.0 Å². The zero-order valence-electron chi connectivity index (χ0n) is 13.8. The maximum atomic E-state index is 11.6. The molecule has 1 heterocycles. The van der Waals surface area contributed by atoms with E-state index in [1.807, 2.05) is 0 Å². The molecule has 0 aromatic heterocycles. The third-order valence-corrected chi connectivity index (χ3v) is 3.00. The van der Waals surface area contributed by atoms with Crippen LogP contribution in [0.15, 0.2) is 0 Å². The summed E-state index contributed by atoms with van der Waals surface area (Å²) in [5, 5.41) is 0.750. The van der Waals surface area contributed by atoms with Gasteiger partial charge in [0.2, 0.25) is 0 Å². The highest BCUT2D eigenvalue weighted by Crippen LogP contribution is 2.25. The van der Waals surface area contributed by atoms with Crippen molar-refractivity contribution in [3.8, 4) is 0 Å². The minimum absolute atomic E-state index is 0.268. The van der Waals surface area contributed by atoms with E-state index < -0.39 is 54.6 Å². The topological polar surface area (TPSA) is 126 Å². The van der Waals surface area contributed by atoms with E-state index in [1.165, 1.54) is 0 Å². The molecule has 0 spiro atoms. The van der Waals surface area contributed by atoms with Gasteiger partial charge in [0.15, 0.2) is 12.2 Å². The minimum atomic E-state index is -1.25. The first-order chi connectivity index (χ1) is 11.1. The predicted octanol–water partition coefficient (Wildman–Crippen LogP) is -0.508. The number of amides is 1. The van der Waals surface area contributed by atoms with Gasteiger partial charge in [0.05, 0.1) is 6.42 Å². The molecule has 10 heteroatoms. The molecule has 1 amide bonds. The van der Waals surface area contributed by atoms with Crippen molar-refractivity contribution in [2.75, 3.05) is 6.61 Å². The summed E-state index contributed by atoms with van der Waals surface area (Å²) in [5.74, 6) is -3.40. The van der Waals surface area contributed by atoms with Crippen molar-refractivity contribution in [1.29, 1.82) is 0 Å². The summed E-state index contributed by atoms with van der Waals surface area (Å²) >= 11 is 0. The van der Waals surface area contributed by atoms with Gasteiger partial charge in [0.25, 0.3) is 5.91 Å². The molecule has 1 fully saturated rings. The fourth-order valence-electron chi connectivity index (χ4n) is 2.22. The minimum Gasteiger partial charge on any atom is -0.462 e. The predicted molar refractivity (Wildman–Crippen MR) is 74.8 cm³/mol. The molecule has 134 valence electrons. The summed E-state index contributed by atoms with van der Waals surface area (Å²) in [7, 11) is 0. The van der Waals surface area contributed by atoms with E-state index in [2.05, 4.69) is 0 Å². The molecule has 24 heavy (non-hydrogen) atoms. The van der Waals surface area contributed by atoms with E-state index in [1.54, 1.807) is 0 Å². The quantitative estimate of drug-likeness (QED) is 0.462. The van der Waals surface area contributed by atoms with Crippen LogP contribution < -0.4 is 0 Å². The summed E-state index contributed by atoms with van der Waals surface area (Å²) in [6, 6.07) is -1.01. The summed E-state index contributed by atoms with van der Waals surface area (Å²) in [6.07, 6.45) is -2.73. The number of rotatable bonds is 6. The molecule has 0 radical (unpaired) electrons. The van der Waals surface area contributed by atoms with Crippen LogP contribution in [0.2, 0.25) is 0 Å². The van der Waals surface area contributed by atoms with Gasteiger partial charge in [-0.25, -0.2) is 4.79 Å². The van der Waals surface area contributed by atoms with E-state index in [0.717, 1.165) is 32.8 Å². The van der Waals surface area contributed by atoms with Crippen LogP contribution in [0.1, 0.15) is 34.1 Å². The molecule has 1 aliphatic rings. The van der Waals surface area contributed by atoms with Crippen molar-refractivity contribution in [2.45, 2.75) is 52.4 Å². The van der Waals surface area contributed by atoms with Crippen LogP contribution in [-0.4, -0.2) is 59.7 Å². The SMILES string of the molecule is CC(=O)OC[C@@H](OC(C)=O)[C@@H](OC(C)=O)[C@@H]1CC(=O)ON1C(C)=O. The van der Waals surface area contributed by atoms with Gasteiger partial charge in [0, 0.05) is 27.7 Å². The summed E-state index contributed by atoms with van der Waals surface area (Å²) in [4.78, 5) is 61.6. The molecule has 1 aliphatic heterocycles. The van der Waals surface area contributed by atoms with Crippen molar-refractivity contribution in [3.05, 3.63) is 0 Å². The van der Waals surface area contributed by atoms with Crippen LogP contribution in [0.4, 0.5) is 0 Å². The maximum Gasteiger partial charge on any atom is 0.334 e. The highest BCUT2D eigenvalue weighted by Gasteiger charge is 2.47. The molecule has 1 rings (SSSR count). The molecule has 3 atom stereocenters. The lowest BCUT2D eigenvalue weighted by atomic mass is 10.0. The average Bonchev–Trinajstić information content (AvgIpc) is 2.82. The van der Waals surface area contributed by atoms with Crippen LogP contribution in [0, 0.1) is 0 Å². The second kappa shape index (κ2) is 8.27. The number of hydrogen-bond donors (Lipinski definition) is 0. The van der Waals surface area contributed by atoms with E-state index in [-0.39, 0.29) is 6.42 Å². The Bertz CT molecular complexity index is 544. The van der Waals surface area contributed by atoms with Crippen LogP contribution in [0.5, 0.6) is 0 Å². The zero-order valence-corrected chi connectivity index (χ0v) is 13.8. The molecular formula is C14H19NO9. The number of carbonyl (C=O) groups excluding carboxylic acids is 5. The van der Waals surface area contributed by atoms with Gasteiger partial charge in [0.1, 0.15) is 12.6 Å². The average molecular weight is 345 g/mol. The molecule has 0 bridgehead atoms. The third-order valence-electron chi connectivity index (χ3n) is 3.00. The molecule has 1 saturated heterocycles. The van der Waals surface area contributed by atoms with Gasteiger partial charge < -0.3 is 19.0 Å². The van der Waals surface area contributed by atoms with Gasteiger partial charge in [-0.15, -0.1) is 0 Å². The fourth-order valence-corrected chi connectivity index (χ4v) is 2.22. The summed E-state index contributed by atoms with van der Waals surface area (Å²) in [6.45, 7) is 4.12. The van der Waals surface area contributed by atoms with Gasteiger partial charge >= 0.3 is 23.9 Å². The zero-order chi connectivity index (χ0) is 18.4. The number of esters is 3. The second-order valence-corrected chi connectivity index (χ2v) is 5.10. The number of nitrogens with zero attached hydrogens (tertiary/aromatic N) is 1. The number of ether oxygens (including phenoxy) is 3. The van der Waals surface area contributed by atoms with E-state index in [4.69, 9.17) is 19.0 Å². The molecule has 0 aromatic carbocycles.